The molecular formula is C17H27NO. The maximum absolute atomic E-state index is 10.8. The highest BCUT2D eigenvalue weighted by Gasteiger charge is 2.32. The van der Waals surface area contributed by atoms with Gasteiger partial charge in [0.15, 0.2) is 0 Å². The van der Waals surface area contributed by atoms with E-state index in [0.717, 1.165) is 5.56 Å². The molecule has 0 aliphatic heterocycles. The minimum Gasteiger partial charge on any atom is -0.387 e. The van der Waals surface area contributed by atoms with Crippen molar-refractivity contribution in [1.29, 1.82) is 0 Å². The lowest BCUT2D eigenvalue weighted by atomic mass is 9.87. The maximum atomic E-state index is 10.8. The third kappa shape index (κ3) is 3.37. The Balaban J connectivity index is 2.27. The van der Waals surface area contributed by atoms with Crippen LogP contribution in [0.4, 0.5) is 0 Å². The molecule has 19 heavy (non-hydrogen) atoms. The number of hydrogen-bond donors (Lipinski definition) is 2. The summed E-state index contributed by atoms with van der Waals surface area (Å²) in [6.45, 7) is 10.7. The standard InChI is InChI=1S/C17H27NO/c1-10(2)16(18-14-6-7-14)17(19)15-12(4)8-11(3)9-13(15)5/h8-10,14,16-19H,6-7H2,1-5H3. The van der Waals surface area contributed by atoms with Gasteiger partial charge >= 0.3 is 0 Å². The van der Waals surface area contributed by atoms with Gasteiger partial charge in [-0.1, -0.05) is 31.5 Å². The summed E-state index contributed by atoms with van der Waals surface area (Å²) in [7, 11) is 0. The molecule has 0 radical (unpaired) electrons. The molecule has 2 unspecified atom stereocenters. The number of benzene rings is 1. The van der Waals surface area contributed by atoms with Gasteiger partial charge in [0.05, 0.1) is 6.10 Å². The third-order valence-corrected chi connectivity index (χ3v) is 4.10. The van der Waals surface area contributed by atoms with E-state index in [-0.39, 0.29) is 6.04 Å². The summed E-state index contributed by atoms with van der Waals surface area (Å²) >= 11 is 0. The SMILES string of the molecule is Cc1cc(C)c(C(O)C(NC2CC2)C(C)C)c(C)c1. The first-order chi connectivity index (χ1) is 8.90. The second-order valence-corrected chi connectivity index (χ2v) is 6.47. The smallest absolute Gasteiger partial charge is 0.0950 e. The minimum atomic E-state index is -0.416. The van der Waals surface area contributed by atoms with Gasteiger partial charge in [-0.15, -0.1) is 0 Å². The van der Waals surface area contributed by atoms with Crippen LogP contribution in [-0.4, -0.2) is 17.2 Å². The predicted octanol–water partition coefficient (Wildman–Crippen LogP) is 3.42. The van der Waals surface area contributed by atoms with E-state index >= 15 is 0 Å². The van der Waals surface area contributed by atoms with E-state index in [1.807, 2.05) is 0 Å². The Kier molecular flexibility index (Phi) is 4.32. The summed E-state index contributed by atoms with van der Waals surface area (Å²) in [5.74, 6) is 0.427. The first kappa shape index (κ1) is 14.5. The van der Waals surface area contributed by atoms with E-state index in [4.69, 9.17) is 0 Å². The topological polar surface area (TPSA) is 32.3 Å². The molecule has 1 aliphatic rings. The maximum Gasteiger partial charge on any atom is 0.0950 e. The highest BCUT2D eigenvalue weighted by Crippen LogP contribution is 2.31. The average molecular weight is 261 g/mol. The number of hydrogen-bond acceptors (Lipinski definition) is 2. The first-order valence-electron chi connectivity index (χ1n) is 7.42. The van der Waals surface area contributed by atoms with Gasteiger partial charge in [-0.3, -0.25) is 0 Å². The van der Waals surface area contributed by atoms with Crippen LogP contribution in [0.15, 0.2) is 12.1 Å². The summed E-state index contributed by atoms with van der Waals surface area (Å²) in [6, 6.07) is 5.10. The molecule has 1 aromatic carbocycles. The fraction of sp³-hybridized carbons (Fsp3) is 0.647. The van der Waals surface area contributed by atoms with Crippen LogP contribution in [0.5, 0.6) is 0 Å². The zero-order chi connectivity index (χ0) is 14.2. The Labute approximate surface area is 117 Å². The van der Waals surface area contributed by atoms with Crippen molar-refractivity contribution in [3.05, 3.63) is 34.4 Å². The first-order valence-corrected chi connectivity index (χ1v) is 7.42. The molecule has 2 atom stereocenters. The lowest BCUT2D eigenvalue weighted by Gasteiger charge is -2.30. The van der Waals surface area contributed by atoms with Gasteiger partial charge in [0.2, 0.25) is 0 Å². The van der Waals surface area contributed by atoms with Crippen LogP contribution in [0.1, 0.15) is 55.0 Å². The van der Waals surface area contributed by atoms with Gasteiger partial charge in [-0.05, 0) is 56.2 Å². The summed E-state index contributed by atoms with van der Waals surface area (Å²) in [5, 5.41) is 14.4. The molecule has 0 amide bonds. The molecule has 0 heterocycles. The largest absolute Gasteiger partial charge is 0.387 e. The Morgan fingerprint density at radius 2 is 1.63 bits per heavy atom. The zero-order valence-corrected chi connectivity index (χ0v) is 12.8. The second kappa shape index (κ2) is 5.64. The molecule has 1 aromatic rings. The molecule has 0 bridgehead atoms. The van der Waals surface area contributed by atoms with Crippen molar-refractivity contribution in [1.82, 2.24) is 5.32 Å². The molecule has 2 heteroatoms. The predicted molar refractivity (Wildman–Crippen MR) is 80.4 cm³/mol. The lowest BCUT2D eigenvalue weighted by molar-refractivity contribution is 0.103. The van der Waals surface area contributed by atoms with E-state index in [0.29, 0.717) is 12.0 Å². The van der Waals surface area contributed by atoms with Crippen molar-refractivity contribution in [2.24, 2.45) is 5.92 Å². The van der Waals surface area contributed by atoms with Crippen molar-refractivity contribution in [3.8, 4) is 0 Å². The molecule has 1 fully saturated rings. The summed E-state index contributed by atoms with van der Waals surface area (Å²) in [4.78, 5) is 0. The van der Waals surface area contributed by atoms with Crippen LogP contribution in [0.3, 0.4) is 0 Å². The van der Waals surface area contributed by atoms with Gasteiger partial charge in [0, 0.05) is 12.1 Å². The van der Waals surface area contributed by atoms with Crippen LogP contribution < -0.4 is 5.32 Å². The van der Waals surface area contributed by atoms with Gasteiger partial charge in [0.25, 0.3) is 0 Å². The van der Waals surface area contributed by atoms with Crippen LogP contribution in [0.25, 0.3) is 0 Å². The van der Waals surface area contributed by atoms with Gasteiger partial charge < -0.3 is 10.4 Å². The van der Waals surface area contributed by atoms with E-state index in [2.05, 4.69) is 52.1 Å². The summed E-state index contributed by atoms with van der Waals surface area (Å²) in [5.41, 5.74) is 4.78. The quantitative estimate of drug-likeness (QED) is 0.851. The Morgan fingerprint density at radius 3 is 2.05 bits per heavy atom. The second-order valence-electron chi connectivity index (χ2n) is 6.47. The highest BCUT2D eigenvalue weighted by atomic mass is 16.3. The molecule has 0 spiro atoms. The third-order valence-electron chi connectivity index (χ3n) is 4.10. The fourth-order valence-electron chi connectivity index (χ4n) is 3.01. The number of aliphatic hydroxyl groups is 1. The molecule has 1 saturated carbocycles. The van der Waals surface area contributed by atoms with E-state index < -0.39 is 6.10 Å². The normalized spacial score (nSPS) is 18.7. The molecule has 2 nitrogen and oxygen atoms in total. The Hall–Kier alpha value is -0.860. The molecule has 0 saturated heterocycles. The number of rotatable bonds is 5. The minimum absolute atomic E-state index is 0.146. The van der Waals surface area contributed by atoms with Crippen molar-refractivity contribution >= 4 is 0 Å². The zero-order valence-electron chi connectivity index (χ0n) is 12.8. The van der Waals surface area contributed by atoms with Crippen LogP contribution in [0.2, 0.25) is 0 Å². The highest BCUT2D eigenvalue weighted by molar-refractivity contribution is 5.39. The molecule has 2 N–H and O–H groups in total. The van der Waals surface area contributed by atoms with Crippen LogP contribution in [-0.2, 0) is 0 Å². The van der Waals surface area contributed by atoms with Gasteiger partial charge in [-0.25, -0.2) is 0 Å². The van der Waals surface area contributed by atoms with Crippen LogP contribution in [0, 0.1) is 26.7 Å². The van der Waals surface area contributed by atoms with Crippen molar-refractivity contribution in [3.63, 3.8) is 0 Å². The average Bonchev–Trinajstić information content (AvgIpc) is 3.07. The molecule has 106 valence electrons. The number of aryl methyl sites for hydroxylation is 3. The molecule has 1 aliphatic carbocycles. The van der Waals surface area contributed by atoms with E-state index in [9.17, 15) is 5.11 Å². The van der Waals surface area contributed by atoms with Crippen molar-refractivity contribution in [2.45, 2.75) is 65.6 Å². The fourth-order valence-corrected chi connectivity index (χ4v) is 3.01. The molecular weight excluding hydrogens is 234 g/mol. The number of aliphatic hydroxyl groups excluding tert-OH is 1. The molecule has 0 aromatic heterocycles. The monoisotopic (exact) mass is 261 g/mol. The van der Waals surface area contributed by atoms with Gasteiger partial charge in [0.1, 0.15) is 0 Å². The van der Waals surface area contributed by atoms with E-state index in [1.165, 1.54) is 29.5 Å². The Morgan fingerprint density at radius 1 is 1.11 bits per heavy atom. The summed E-state index contributed by atoms with van der Waals surface area (Å²) < 4.78 is 0. The van der Waals surface area contributed by atoms with Crippen LogP contribution >= 0.6 is 0 Å². The van der Waals surface area contributed by atoms with E-state index in [1.54, 1.807) is 0 Å². The molecule has 2 rings (SSSR count). The van der Waals surface area contributed by atoms with Crippen molar-refractivity contribution in [2.75, 3.05) is 0 Å². The van der Waals surface area contributed by atoms with Gasteiger partial charge in [-0.2, -0.15) is 0 Å². The lowest BCUT2D eigenvalue weighted by Crippen LogP contribution is -2.41. The van der Waals surface area contributed by atoms with Crippen molar-refractivity contribution < 1.29 is 5.11 Å². The number of nitrogens with one attached hydrogen (secondary N) is 1. The Bertz CT molecular complexity index is 426. The summed E-state index contributed by atoms with van der Waals surface area (Å²) in [6.07, 6.45) is 2.09.